The maximum atomic E-state index is 12.0. The van der Waals surface area contributed by atoms with Gasteiger partial charge in [-0.15, -0.1) is 0 Å². The molecule has 0 unspecified atom stereocenters. The van der Waals surface area contributed by atoms with E-state index in [4.69, 9.17) is 21.1 Å². The molecule has 6 nitrogen and oxygen atoms in total. The highest BCUT2D eigenvalue weighted by atomic mass is 35.5. The van der Waals surface area contributed by atoms with Crippen LogP contribution in [-0.4, -0.2) is 43.3 Å². The highest BCUT2D eigenvalue weighted by molar-refractivity contribution is 6.30. The molecule has 2 amide bonds. The molecule has 1 heterocycles. The third kappa shape index (κ3) is 5.32. The van der Waals surface area contributed by atoms with Gasteiger partial charge in [0, 0.05) is 18.1 Å². The first-order chi connectivity index (χ1) is 11.1. The van der Waals surface area contributed by atoms with Crippen molar-refractivity contribution in [3.05, 3.63) is 29.3 Å². The molecule has 1 aromatic carbocycles. The Hall–Kier alpha value is -1.95. The summed E-state index contributed by atoms with van der Waals surface area (Å²) >= 11 is 5.79. The number of amides is 2. The summed E-state index contributed by atoms with van der Waals surface area (Å²) in [6.45, 7) is 3.34. The van der Waals surface area contributed by atoms with Gasteiger partial charge in [-0.05, 0) is 44.0 Å². The zero-order chi connectivity index (χ0) is 16.7. The SMILES string of the molecule is CCOC(=O)C1CCN(C(=O)NCOc2ccc(Cl)cc2)CC1. The standard InChI is InChI=1S/C16H21ClN2O4/c1-2-22-15(20)12-7-9-19(10-8-12)16(21)18-11-23-14-5-3-13(17)4-6-14/h3-6,12H,2,7-11H2,1H3,(H,18,21). The smallest absolute Gasteiger partial charge is 0.320 e. The van der Waals surface area contributed by atoms with Crippen molar-refractivity contribution in [2.45, 2.75) is 19.8 Å². The van der Waals surface area contributed by atoms with E-state index in [1.165, 1.54) is 0 Å². The van der Waals surface area contributed by atoms with Crippen LogP contribution in [0.15, 0.2) is 24.3 Å². The number of esters is 1. The predicted molar refractivity (Wildman–Crippen MR) is 86.4 cm³/mol. The Morgan fingerprint density at radius 2 is 1.91 bits per heavy atom. The Kier molecular flexibility index (Phi) is 6.52. The van der Waals surface area contributed by atoms with Gasteiger partial charge in [0.2, 0.25) is 0 Å². The largest absolute Gasteiger partial charge is 0.473 e. The zero-order valence-corrected chi connectivity index (χ0v) is 13.8. The molecule has 1 N–H and O–H groups in total. The second kappa shape index (κ2) is 8.62. The van der Waals surface area contributed by atoms with Gasteiger partial charge in [0.05, 0.1) is 12.5 Å². The number of piperidine rings is 1. The van der Waals surface area contributed by atoms with Gasteiger partial charge in [-0.3, -0.25) is 4.79 Å². The van der Waals surface area contributed by atoms with Crippen molar-refractivity contribution in [3.8, 4) is 5.75 Å². The van der Waals surface area contributed by atoms with Gasteiger partial charge in [-0.2, -0.15) is 0 Å². The normalized spacial score (nSPS) is 15.1. The maximum absolute atomic E-state index is 12.0. The molecule has 2 rings (SSSR count). The minimum Gasteiger partial charge on any atom is -0.473 e. The van der Waals surface area contributed by atoms with E-state index >= 15 is 0 Å². The summed E-state index contributed by atoms with van der Waals surface area (Å²) in [7, 11) is 0. The molecule has 0 aromatic heterocycles. The fourth-order valence-corrected chi connectivity index (χ4v) is 2.53. The lowest BCUT2D eigenvalue weighted by atomic mass is 9.97. The first-order valence-electron chi connectivity index (χ1n) is 7.68. The van der Waals surface area contributed by atoms with Crippen LogP contribution >= 0.6 is 11.6 Å². The topological polar surface area (TPSA) is 67.9 Å². The maximum Gasteiger partial charge on any atom is 0.320 e. The lowest BCUT2D eigenvalue weighted by molar-refractivity contribution is -0.149. The van der Waals surface area contributed by atoms with Crippen LogP contribution in [0.1, 0.15) is 19.8 Å². The van der Waals surface area contributed by atoms with Crippen LogP contribution in [0, 0.1) is 5.92 Å². The molecular formula is C16H21ClN2O4. The number of likely N-dealkylation sites (tertiary alicyclic amines) is 1. The van der Waals surface area contributed by atoms with E-state index in [-0.39, 0.29) is 24.6 Å². The minimum absolute atomic E-state index is 0.0816. The van der Waals surface area contributed by atoms with E-state index in [0.29, 0.717) is 43.3 Å². The van der Waals surface area contributed by atoms with Crippen LogP contribution < -0.4 is 10.1 Å². The second-order valence-corrected chi connectivity index (χ2v) is 5.67. The molecule has 1 saturated heterocycles. The van der Waals surface area contributed by atoms with Gasteiger partial charge in [0.15, 0.2) is 6.73 Å². The Bertz CT molecular complexity index is 527. The molecule has 0 atom stereocenters. The second-order valence-electron chi connectivity index (χ2n) is 5.24. The third-order valence-corrected chi connectivity index (χ3v) is 3.93. The number of halogens is 1. The molecule has 23 heavy (non-hydrogen) atoms. The lowest BCUT2D eigenvalue weighted by Gasteiger charge is -2.30. The number of carbonyl (C=O) groups excluding carboxylic acids is 2. The Morgan fingerprint density at radius 1 is 1.26 bits per heavy atom. The number of benzene rings is 1. The van der Waals surface area contributed by atoms with Crippen molar-refractivity contribution in [2.75, 3.05) is 26.4 Å². The monoisotopic (exact) mass is 340 g/mol. The predicted octanol–water partition coefficient (Wildman–Crippen LogP) is 2.66. The molecule has 1 aliphatic rings. The van der Waals surface area contributed by atoms with Crippen LogP contribution in [0.25, 0.3) is 0 Å². The minimum atomic E-state index is -0.193. The first kappa shape index (κ1) is 17.4. The molecule has 1 aliphatic heterocycles. The molecule has 0 bridgehead atoms. The number of ether oxygens (including phenoxy) is 2. The number of urea groups is 1. The highest BCUT2D eigenvalue weighted by Gasteiger charge is 2.28. The van der Waals surface area contributed by atoms with Gasteiger partial charge in [0.25, 0.3) is 0 Å². The number of nitrogens with one attached hydrogen (secondary N) is 1. The van der Waals surface area contributed by atoms with Crippen molar-refractivity contribution < 1.29 is 19.1 Å². The molecule has 0 saturated carbocycles. The van der Waals surface area contributed by atoms with Crippen molar-refractivity contribution >= 4 is 23.6 Å². The summed E-state index contributed by atoms with van der Waals surface area (Å²) in [5.74, 6) is 0.360. The van der Waals surface area contributed by atoms with Crippen LogP contribution in [0.5, 0.6) is 5.75 Å². The summed E-state index contributed by atoms with van der Waals surface area (Å²) < 4.78 is 10.4. The van der Waals surface area contributed by atoms with Gasteiger partial charge in [-0.25, -0.2) is 4.79 Å². The van der Waals surface area contributed by atoms with Gasteiger partial charge < -0.3 is 19.7 Å². The summed E-state index contributed by atoms with van der Waals surface area (Å²) in [6, 6.07) is 6.72. The van der Waals surface area contributed by atoms with Crippen molar-refractivity contribution in [1.82, 2.24) is 10.2 Å². The number of rotatable bonds is 5. The fraction of sp³-hybridized carbons (Fsp3) is 0.500. The summed E-state index contributed by atoms with van der Waals surface area (Å²) in [4.78, 5) is 25.4. The Morgan fingerprint density at radius 3 is 2.52 bits per heavy atom. The lowest BCUT2D eigenvalue weighted by Crippen LogP contribution is -2.46. The van der Waals surface area contributed by atoms with Crippen LogP contribution in [-0.2, 0) is 9.53 Å². The number of hydrogen-bond acceptors (Lipinski definition) is 4. The van der Waals surface area contributed by atoms with Crippen LogP contribution in [0.2, 0.25) is 5.02 Å². The summed E-state index contributed by atoms with van der Waals surface area (Å²) in [5, 5.41) is 3.33. The van der Waals surface area contributed by atoms with E-state index in [1.54, 1.807) is 36.1 Å². The van der Waals surface area contributed by atoms with Crippen molar-refractivity contribution in [2.24, 2.45) is 5.92 Å². The van der Waals surface area contributed by atoms with Gasteiger partial charge in [-0.1, -0.05) is 11.6 Å². The zero-order valence-electron chi connectivity index (χ0n) is 13.1. The molecule has 126 valence electrons. The molecule has 7 heteroatoms. The summed E-state index contributed by atoms with van der Waals surface area (Å²) in [6.07, 6.45) is 1.26. The van der Waals surface area contributed by atoms with Crippen molar-refractivity contribution in [3.63, 3.8) is 0 Å². The Balaban J connectivity index is 1.68. The first-order valence-corrected chi connectivity index (χ1v) is 8.05. The quantitative estimate of drug-likeness (QED) is 0.661. The van der Waals surface area contributed by atoms with E-state index in [2.05, 4.69) is 5.32 Å². The third-order valence-electron chi connectivity index (χ3n) is 3.68. The molecule has 0 radical (unpaired) electrons. The highest BCUT2D eigenvalue weighted by Crippen LogP contribution is 2.19. The molecule has 0 aliphatic carbocycles. The Labute approximate surface area is 140 Å². The van der Waals surface area contributed by atoms with E-state index in [0.717, 1.165) is 0 Å². The number of nitrogens with zero attached hydrogens (tertiary/aromatic N) is 1. The molecule has 1 fully saturated rings. The molecule has 0 spiro atoms. The average molecular weight is 341 g/mol. The number of carbonyl (C=O) groups is 2. The van der Waals surface area contributed by atoms with Crippen molar-refractivity contribution in [1.29, 1.82) is 0 Å². The van der Waals surface area contributed by atoms with Gasteiger partial charge >= 0.3 is 12.0 Å². The van der Waals surface area contributed by atoms with E-state index < -0.39 is 0 Å². The van der Waals surface area contributed by atoms with E-state index in [1.807, 2.05) is 0 Å². The van der Waals surface area contributed by atoms with Crippen LogP contribution in [0.4, 0.5) is 4.79 Å². The molecular weight excluding hydrogens is 320 g/mol. The average Bonchev–Trinajstić information content (AvgIpc) is 2.57. The van der Waals surface area contributed by atoms with Gasteiger partial charge in [0.1, 0.15) is 5.75 Å². The fourth-order valence-electron chi connectivity index (χ4n) is 2.40. The number of hydrogen-bond donors (Lipinski definition) is 1. The van der Waals surface area contributed by atoms with E-state index in [9.17, 15) is 9.59 Å². The molecule has 1 aromatic rings. The summed E-state index contributed by atoms with van der Waals surface area (Å²) in [5.41, 5.74) is 0. The van der Waals surface area contributed by atoms with Crippen LogP contribution in [0.3, 0.4) is 0 Å².